The van der Waals surface area contributed by atoms with E-state index in [1.807, 2.05) is 31.2 Å². The number of aromatic nitrogens is 2. The van der Waals surface area contributed by atoms with Crippen LogP contribution >= 0.6 is 0 Å². The number of anilines is 1. The average Bonchev–Trinajstić information content (AvgIpc) is 2.20. The molecule has 1 aromatic carbocycles. The molecule has 0 fully saturated rings. The summed E-state index contributed by atoms with van der Waals surface area (Å²) in [6.07, 6.45) is 3.24. The molecule has 2 aromatic rings. The highest BCUT2D eigenvalue weighted by atomic mass is 14.9. The van der Waals surface area contributed by atoms with E-state index in [1.54, 1.807) is 12.4 Å². The number of hydrogen-bond donors (Lipinski definition) is 1. The highest BCUT2D eigenvalue weighted by Crippen LogP contribution is 2.18. The fraction of sp³-hybridized carbons (Fsp3) is 0.0909. The second-order valence-electron chi connectivity index (χ2n) is 3.15. The van der Waals surface area contributed by atoms with Crippen molar-refractivity contribution < 1.29 is 0 Å². The van der Waals surface area contributed by atoms with Crippen molar-refractivity contribution in [3.05, 3.63) is 42.2 Å². The first-order valence-electron chi connectivity index (χ1n) is 4.41. The first-order chi connectivity index (χ1) is 6.77. The lowest BCUT2D eigenvalue weighted by atomic mass is 10.1. The molecule has 1 aromatic heterocycles. The van der Waals surface area contributed by atoms with Gasteiger partial charge in [0, 0.05) is 5.56 Å². The molecular weight excluding hydrogens is 174 g/mol. The Hall–Kier alpha value is -1.90. The van der Waals surface area contributed by atoms with E-state index in [-0.39, 0.29) is 0 Å². The molecule has 0 radical (unpaired) electrons. The molecule has 3 heteroatoms. The van der Waals surface area contributed by atoms with E-state index in [1.165, 1.54) is 0 Å². The average molecular weight is 185 g/mol. The van der Waals surface area contributed by atoms with Gasteiger partial charge in [-0.15, -0.1) is 0 Å². The van der Waals surface area contributed by atoms with Gasteiger partial charge in [0.2, 0.25) is 0 Å². The van der Waals surface area contributed by atoms with Crippen LogP contribution in [-0.2, 0) is 0 Å². The van der Waals surface area contributed by atoms with E-state index in [0.717, 1.165) is 17.0 Å². The van der Waals surface area contributed by atoms with Crippen LogP contribution in [0.4, 0.5) is 5.69 Å². The Bertz CT molecular complexity index is 435. The predicted octanol–water partition coefficient (Wildman–Crippen LogP) is 2.03. The molecule has 0 aliphatic carbocycles. The number of nitrogen functional groups attached to an aromatic ring is 1. The standard InChI is InChI=1S/C11H11N3/c1-8-4-2-3-5-10(8)11-13-6-9(12)7-14-11/h2-7H,12H2,1H3. The Morgan fingerprint density at radius 3 is 2.36 bits per heavy atom. The fourth-order valence-electron chi connectivity index (χ4n) is 1.30. The minimum absolute atomic E-state index is 0.585. The minimum Gasteiger partial charge on any atom is -0.396 e. The molecule has 0 saturated carbocycles. The summed E-state index contributed by atoms with van der Waals surface area (Å²) in [4.78, 5) is 8.35. The monoisotopic (exact) mass is 185 g/mol. The van der Waals surface area contributed by atoms with Gasteiger partial charge in [0.05, 0.1) is 18.1 Å². The maximum Gasteiger partial charge on any atom is 0.159 e. The van der Waals surface area contributed by atoms with Gasteiger partial charge in [-0.25, -0.2) is 9.97 Å². The van der Waals surface area contributed by atoms with Crippen LogP contribution in [0.2, 0.25) is 0 Å². The van der Waals surface area contributed by atoms with Gasteiger partial charge >= 0.3 is 0 Å². The van der Waals surface area contributed by atoms with E-state index < -0.39 is 0 Å². The molecule has 14 heavy (non-hydrogen) atoms. The van der Waals surface area contributed by atoms with Crippen LogP contribution in [0.15, 0.2) is 36.7 Å². The fourth-order valence-corrected chi connectivity index (χ4v) is 1.30. The van der Waals surface area contributed by atoms with Gasteiger partial charge in [-0.05, 0) is 12.5 Å². The molecule has 0 amide bonds. The SMILES string of the molecule is Cc1ccccc1-c1ncc(N)cn1. The molecule has 2 rings (SSSR count). The first-order valence-corrected chi connectivity index (χ1v) is 4.41. The molecule has 1 heterocycles. The molecule has 3 nitrogen and oxygen atoms in total. The van der Waals surface area contributed by atoms with E-state index in [0.29, 0.717) is 5.69 Å². The van der Waals surface area contributed by atoms with Crippen molar-refractivity contribution in [1.29, 1.82) is 0 Å². The van der Waals surface area contributed by atoms with Crippen LogP contribution < -0.4 is 5.73 Å². The van der Waals surface area contributed by atoms with Crippen molar-refractivity contribution in [2.75, 3.05) is 5.73 Å². The Kier molecular flexibility index (Phi) is 2.14. The Morgan fingerprint density at radius 2 is 1.71 bits per heavy atom. The van der Waals surface area contributed by atoms with Crippen molar-refractivity contribution in [3.8, 4) is 11.4 Å². The maximum absolute atomic E-state index is 5.52. The van der Waals surface area contributed by atoms with Crippen molar-refractivity contribution in [1.82, 2.24) is 9.97 Å². The van der Waals surface area contributed by atoms with Crippen molar-refractivity contribution >= 4 is 5.69 Å². The van der Waals surface area contributed by atoms with Gasteiger partial charge in [0.25, 0.3) is 0 Å². The van der Waals surface area contributed by atoms with Crippen molar-refractivity contribution in [2.24, 2.45) is 0 Å². The predicted molar refractivity (Wildman–Crippen MR) is 56.6 cm³/mol. The Morgan fingerprint density at radius 1 is 1.07 bits per heavy atom. The number of benzene rings is 1. The van der Waals surface area contributed by atoms with Crippen LogP contribution in [0.5, 0.6) is 0 Å². The zero-order chi connectivity index (χ0) is 9.97. The highest BCUT2D eigenvalue weighted by Gasteiger charge is 2.02. The topological polar surface area (TPSA) is 51.8 Å². The van der Waals surface area contributed by atoms with Crippen LogP contribution in [0, 0.1) is 6.92 Å². The molecule has 0 aliphatic heterocycles. The molecule has 0 spiro atoms. The summed E-state index contributed by atoms with van der Waals surface area (Å²) in [7, 11) is 0. The molecule has 0 saturated heterocycles. The molecule has 0 aliphatic rings. The molecule has 0 bridgehead atoms. The van der Waals surface area contributed by atoms with Gasteiger partial charge in [0.15, 0.2) is 5.82 Å². The van der Waals surface area contributed by atoms with E-state index >= 15 is 0 Å². The van der Waals surface area contributed by atoms with Gasteiger partial charge in [0.1, 0.15) is 0 Å². The Balaban J connectivity index is 2.50. The minimum atomic E-state index is 0.585. The molecule has 0 unspecified atom stereocenters. The summed E-state index contributed by atoms with van der Waals surface area (Å²) < 4.78 is 0. The molecule has 70 valence electrons. The third-order valence-corrected chi connectivity index (χ3v) is 2.06. The second-order valence-corrected chi connectivity index (χ2v) is 3.15. The summed E-state index contributed by atoms with van der Waals surface area (Å²) >= 11 is 0. The van der Waals surface area contributed by atoms with Crippen LogP contribution in [0.1, 0.15) is 5.56 Å². The van der Waals surface area contributed by atoms with E-state index in [4.69, 9.17) is 5.73 Å². The lowest BCUT2D eigenvalue weighted by Gasteiger charge is -2.03. The lowest BCUT2D eigenvalue weighted by molar-refractivity contribution is 1.17. The molecular formula is C11H11N3. The van der Waals surface area contributed by atoms with Gasteiger partial charge < -0.3 is 5.73 Å². The molecule has 0 atom stereocenters. The third kappa shape index (κ3) is 1.57. The van der Waals surface area contributed by atoms with Crippen LogP contribution in [-0.4, -0.2) is 9.97 Å². The van der Waals surface area contributed by atoms with Crippen molar-refractivity contribution in [2.45, 2.75) is 6.92 Å². The quantitative estimate of drug-likeness (QED) is 0.739. The highest BCUT2D eigenvalue weighted by molar-refractivity contribution is 5.59. The number of rotatable bonds is 1. The summed E-state index contributed by atoms with van der Waals surface area (Å²) in [5, 5.41) is 0. The van der Waals surface area contributed by atoms with Crippen molar-refractivity contribution in [3.63, 3.8) is 0 Å². The summed E-state index contributed by atoms with van der Waals surface area (Å²) in [5.74, 6) is 0.720. The van der Waals surface area contributed by atoms with Crippen LogP contribution in [0.3, 0.4) is 0 Å². The van der Waals surface area contributed by atoms with E-state index in [2.05, 4.69) is 9.97 Å². The zero-order valence-electron chi connectivity index (χ0n) is 7.94. The van der Waals surface area contributed by atoms with Crippen LogP contribution in [0.25, 0.3) is 11.4 Å². The number of nitrogens with two attached hydrogens (primary N) is 1. The Labute approximate surface area is 82.6 Å². The summed E-state index contributed by atoms with van der Waals surface area (Å²) in [6, 6.07) is 8.01. The first kappa shape index (κ1) is 8.69. The second kappa shape index (κ2) is 3.46. The maximum atomic E-state index is 5.52. The largest absolute Gasteiger partial charge is 0.396 e. The lowest BCUT2D eigenvalue weighted by Crippen LogP contribution is -1.93. The zero-order valence-corrected chi connectivity index (χ0v) is 7.94. The van der Waals surface area contributed by atoms with Gasteiger partial charge in [-0.1, -0.05) is 24.3 Å². The number of aryl methyl sites for hydroxylation is 1. The summed E-state index contributed by atoms with van der Waals surface area (Å²) in [6.45, 7) is 2.04. The van der Waals surface area contributed by atoms with Gasteiger partial charge in [-0.2, -0.15) is 0 Å². The van der Waals surface area contributed by atoms with E-state index in [9.17, 15) is 0 Å². The van der Waals surface area contributed by atoms with Gasteiger partial charge in [-0.3, -0.25) is 0 Å². The summed E-state index contributed by atoms with van der Waals surface area (Å²) in [5.41, 5.74) is 8.32. The smallest absolute Gasteiger partial charge is 0.159 e. The number of nitrogens with zero attached hydrogens (tertiary/aromatic N) is 2. The normalized spacial score (nSPS) is 10.1. The third-order valence-electron chi connectivity index (χ3n) is 2.06. The number of hydrogen-bond acceptors (Lipinski definition) is 3. The molecule has 2 N–H and O–H groups in total.